The molecule has 4 nitrogen and oxygen atoms in total. The lowest BCUT2D eigenvalue weighted by molar-refractivity contribution is -0.106. The van der Waals surface area contributed by atoms with Crippen LogP contribution in [0.5, 0.6) is 0 Å². The molecular weight excluding hydrogens is 283 g/mol. The standard InChI is InChI=1S/C11H10F3NO3S/c1-2-8-3-5-9(6-4-8)10(16)15-19(17,18)7-11(12,13)14/h2-6H,1,7H2,(H,15,16). The first-order chi connectivity index (χ1) is 8.63. The fraction of sp³-hybridized carbons (Fsp3) is 0.182. The Morgan fingerprint density at radius 3 is 2.21 bits per heavy atom. The molecule has 0 atom stereocenters. The summed E-state index contributed by atoms with van der Waals surface area (Å²) in [4.78, 5) is 11.5. The highest BCUT2D eigenvalue weighted by Crippen LogP contribution is 2.16. The maximum Gasteiger partial charge on any atom is 0.404 e. The van der Waals surface area contributed by atoms with Gasteiger partial charge >= 0.3 is 6.18 Å². The third kappa shape index (κ3) is 5.12. The van der Waals surface area contributed by atoms with Gasteiger partial charge in [0.05, 0.1) is 0 Å². The predicted molar refractivity (Wildman–Crippen MR) is 63.8 cm³/mol. The zero-order valence-electron chi connectivity index (χ0n) is 9.57. The van der Waals surface area contributed by atoms with E-state index in [4.69, 9.17) is 0 Å². The van der Waals surface area contributed by atoms with E-state index < -0.39 is 27.9 Å². The number of sulfonamides is 1. The van der Waals surface area contributed by atoms with E-state index in [9.17, 15) is 26.4 Å². The molecule has 0 aromatic heterocycles. The minimum atomic E-state index is -4.90. The molecule has 0 fully saturated rings. The van der Waals surface area contributed by atoms with Gasteiger partial charge in [0.1, 0.15) is 0 Å². The number of hydrogen-bond acceptors (Lipinski definition) is 3. The summed E-state index contributed by atoms with van der Waals surface area (Å²) in [6.45, 7) is 3.48. The summed E-state index contributed by atoms with van der Waals surface area (Å²) < 4.78 is 59.4. The largest absolute Gasteiger partial charge is 0.404 e. The molecule has 1 amide bonds. The van der Waals surface area contributed by atoms with Crippen LogP contribution in [0.3, 0.4) is 0 Å². The van der Waals surface area contributed by atoms with Gasteiger partial charge in [-0.25, -0.2) is 13.1 Å². The van der Waals surface area contributed by atoms with Crippen LogP contribution in [0.25, 0.3) is 6.08 Å². The molecule has 104 valence electrons. The molecule has 0 heterocycles. The topological polar surface area (TPSA) is 63.2 Å². The molecule has 8 heteroatoms. The van der Waals surface area contributed by atoms with Crippen molar-refractivity contribution in [3.8, 4) is 0 Å². The predicted octanol–water partition coefficient (Wildman–Crippen LogP) is 1.95. The van der Waals surface area contributed by atoms with E-state index >= 15 is 0 Å². The average Bonchev–Trinajstić information content (AvgIpc) is 2.25. The van der Waals surface area contributed by atoms with Gasteiger partial charge < -0.3 is 0 Å². The Morgan fingerprint density at radius 2 is 1.79 bits per heavy atom. The molecule has 0 saturated heterocycles. The number of benzene rings is 1. The van der Waals surface area contributed by atoms with Crippen LogP contribution in [0, 0.1) is 0 Å². The third-order valence-corrected chi connectivity index (χ3v) is 3.21. The van der Waals surface area contributed by atoms with Gasteiger partial charge in [-0.15, -0.1) is 0 Å². The highest BCUT2D eigenvalue weighted by molar-refractivity contribution is 7.90. The average molecular weight is 293 g/mol. The van der Waals surface area contributed by atoms with E-state index in [1.807, 2.05) is 0 Å². The number of carbonyl (C=O) groups is 1. The van der Waals surface area contributed by atoms with Gasteiger partial charge in [-0.05, 0) is 17.7 Å². The van der Waals surface area contributed by atoms with Crippen molar-refractivity contribution in [2.24, 2.45) is 0 Å². The quantitative estimate of drug-likeness (QED) is 0.923. The molecule has 1 N–H and O–H groups in total. The maximum atomic E-state index is 12.0. The second kappa shape index (κ2) is 5.43. The molecular formula is C11H10F3NO3S. The lowest BCUT2D eigenvalue weighted by atomic mass is 10.1. The molecule has 0 bridgehead atoms. The zero-order valence-corrected chi connectivity index (χ0v) is 10.4. The Morgan fingerprint density at radius 1 is 1.26 bits per heavy atom. The van der Waals surface area contributed by atoms with Gasteiger partial charge in [0.15, 0.2) is 5.75 Å². The van der Waals surface area contributed by atoms with Gasteiger partial charge in [0.25, 0.3) is 5.91 Å². The van der Waals surface area contributed by atoms with Gasteiger partial charge in [-0.3, -0.25) is 4.79 Å². The van der Waals surface area contributed by atoms with Crippen molar-refractivity contribution >= 4 is 22.0 Å². The molecule has 1 aromatic carbocycles. The molecule has 0 spiro atoms. The fourth-order valence-corrected chi connectivity index (χ4v) is 2.13. The van der Waals surface area contributed by atoms with Crippen molar-refractivity contribution < 1.29 is 26.4 Å². The molecule has 1 aromatic rings. The minimum absolute atomic E-state index is 0.0589. The van der Waals surface area contributed by atoms with Crippen LogP contribution in [0.1, 0.15) is 15.9 Å². The van der Waals surface area contributed by atoms with Crippen molar-refractivity contribution in [1.82, 2.24) is 4.72 Å². The summed E-state index contributed by atoms with van der Waals surface area (Å²) >= 11 is 0. The van der Waals surface area contributed by atoms with E-state index in [1.165, 1.54) is 35.1 Å². The van der Waals surface area contributed by atoms with E-state index in [0.717, 1.165) is 0 Å². The molecule has 0 unspecified atom stereocenters. The van der Waals surface area contributed by atoms with Crippen LogP contribution in [-0.2, 0) is 10.0 Å². The summed E-state index contributed by atoms with van der Waals surface area (Å²) in [5.74, 6) is -3.21. The summed E-state index contributed by atoms with van der Waals surface area (Å²) in [6, 6.07) is 5.54. The molecule has 0 saturated carbocycles. The van der Waals surface area contributed by atoms with Crippen molar-refractivity contribution in [2.75, 3.05) is 5.75 Å². The lowest BCUT2D eigenvalue weighted by Crippen LogP contribution is -2.37. The molecule has 1 rings (SSSR count). The first kappa shape index (κ1) is 15.2. The van der Waals surface area contributed by atoms with E-state index in [0.29, 0.717) is 5.56 Å². The number of rotatable bonds is 4. The second-order valence-electron chi connectivity index (χ2n) is 3.63. The van der Waals surface area contributed by atoms with Crippen LogP contribution >= 0.6 is 0 Å². The van der Waals surface area contributed by atoms with Crippen LogP contribution in [-0.4, -0.2) is 26.3 Å². The summed E-state index contributed by atoms with van der Waals surface area (Å²) in [6.07, 6.45) is -3.40. The number of amides is 1. The summed E-state index contributed by atoms with van der Waals surface area (Å²) in [5, 5.41) is 0. The van der Waals surface area contributed by atoms with E-state index in [2.05, 4.69) is 6.58 Å². The van der Waals surface area contributed by atoms with Crippen LogP contribution in [0.2, 0.25) is 0 Å². The summed E-state index contributed by atoms with van der Waals surface area (Å²) in [5.41, 5.74) is 0.631. The number of nitrogens with one attached hydrogen (secondary N) is 1. The smallest absolute Gasteiger partial charge is 0.268 e. The Labute approximate surface area is 108 Å². The number of alkyl halides is 3. The highest BCUT2D eigenvalue weighted by atomic mass is 32.2. The third-order valence-electron chi connectivity index (χ3n) is 2.01. The van der Waals surface area contributed by atoms with Crippen molar-refractivity contribution in [3.05, 3.63) is 42.0 Å². The second-order valence-corrected chi connectivity index (χ2v) is 5.35. The van der Waals surface area contributed by atoms with Gasteiger partial charge in [0.2, 0.25) is 10.0 Å². The Hall–Kier alpha value is -1.83. The monoisotopic (exact) mass is 293 g/mol. The molecule has 0 aliphatic carbocycles. The Kier molecular flexibility index (Phi) is 4.35. The maximum absolute atomic E-state index is 12.0. The first-order valence-electron chi connectivity index (χ1n) is 4.97. The first-order valence-corrected chi connectivity index (χ1v) is 6.62. The van der Waals surface area contributed by atoms with Crippen LogP contribution in [0.15, 0.2) is 30.8 Å². The highest BCUT2D eigenvalue weighted by Gasteiger charge is 2.36. The van der Waals surface area contributed by atoms with Crippen molar-refractivity contribution in [1.29, 1.82) is 0 Å². The Bertz CT molecular complexity index is 576. The van der Waals surface area contributed by atoms with Crippen molar-refractivity contribution in [2.45, 2.75) is 6.18 Å². The summed E-state index contributed by atoms with van der Waals surface area (Å²) in [7, 11) is -4.75. The van der Waals surface area contributed by atoms with Crippen molar-refractivity contribution in [3.63, 3.8) is 0 Å². The van der Waals surface area contributed by atoms with Gasteiger partial charge in [0, 0.05) is 5.56 Å². The number of carbonyl (C=O) groups excluding carboxylic acids is 1. The minimum Gasteiger partial charge on any atom is -0.268 e. The normalized spacial score (nSPS) is 11.9. The fourth-order valence-electron chi connectivity index (χ4n) is 1.22. The zero-order chi connectivity index (χ0) is 14.7. The van der Waals surface area contributed by atoms with E-state index in [1.54, 1.807) is 0 Å². The number of halogens is 3. The molecule has 0 aliphatic rings. The molecule has 19 heavy (non-hydrogen) atoms. The van der Waals surface area contributed by atoms with Crippen LogP contribution in [0.4, 0.5) is 13.2 Å². The SMILES string of the molecule is C=Cc1ccc(C(=O)NS(=O)(=O)CC(F)(F)F)cc1. The molecule has 0 aliphatic heterocycles. The van der Waals surface area contributed by atoms with Gasteiger partial charge in [-0.2, -0.15) is 13.2 Å². The Balaban J connectivity index is 2.81. The van der Waals surface area contributed by atoms with E-state index in [-0.39, 0.29) is 5.56 Å². The molecule has 0 radical (unpaired) electrons. The lowest BCUT2D eigenvalue weighted by Gasteiger charge is -2.09. The van der Waals surface area contributed by atoms with Crippen LogP contribution < -0.4 is 4.72 Å². The van der Waals surface area contributed by atoms with Gasteiger partial charge in [-0.1, -0.05) is 24.8 Å². The number of hydrogen-bond donors (Lipinski definition) is 1.